The number of hydrogen-bond acceptors (Lipinski definition) is 1. The van der Waals surface area contributed by atoms with Crippen LogP contribution in [0, 0.1) is 0 Å². The van der Waals surface area contributed by atoms with Crippen molar-refractivity contribution in [2.45, 2.75) is 12.8 Å². The second-order valence-electron chi connectivity index (χ2n) is 9.09. The third-order valence-corrected chi connectivity index (χ3v) is 9.21. The highest BCUT2D eigenvalue weighted by Gasteiger charge is 2.29. The number of ether oxygens (including phenoxy) is 1. The third-order valence-electron chi connectivity index (χ3n) is 6.71. The van der Waals surface area contributed by atoms with Gasteiger partial charge in [-0.3, -0.25) is 0 Å². The van der Waals surface area contributed by atoms with E-state index in [2.05, 4.69) is 116 Å². The summed E-state index contributed by atoms with van der Waals surface area (Å²) in [6.45, 7) is 2.26. The van der Waals surface area contributed by atoms with E-state index in [1.807, 2.05) is 30.3 Å². The predicted molar refractivity (Wildman–Crippen MR) is 154 cm³/mol. The van der Waals surface area contributed by atoms with E-state index in [1.54, 1.807) is 0 Å². The van der Waals surface area contributed by atoms with Gasteiger partial charge in [0.15, 0.2) is 0 Å². The summed E-state index contributed by atoms with van der Waals surface area (Å²) in [5.74, 6) is 1.95. The van der Waals surface area contributed by atoms with Gasteiger partial charge in [-0.15, -0.1) is 0 Å². The van der Waals surface area contributed by atoms with Crippen molar-refractivity contribution < 1.29 is 4.74 Å². The Labute approximate surface area is 214 Å². The molecule has 2 heteroatoms. The summed E-state index contributed by atoms with van der Waals surface area (Å²) >= 11 is 0. The van der Waals surface area contributed by atoms with Crippen LogP contribution in [0.25, 0.3) is 6.08 Å². The van der Waals surface area contributed by atoms with Gasteiger partial charge in [-0.25, -0.2) is 0 Å². The Kier molecular flexibility index (Phi) is 6.24. The van der Waals surface area contributed by atoms with E-state index in [0.29, 0.717) is 0 Å². The third kappa shape index (κ3) is 4.39. The average Bonchev–Trinajstić information content (AvgIpc) is 3.26. The summed E-state index contributed by atoms with van der Waals surface area (Å²) in [4.78, 5) is 0. The summed E-state index contributed by atoms with van der Waals surface area (Å²) < 4.78 is 6.35. The molecule has 0 radical (unpaired) electrons. The summed E-state index contributed by atoms with van der Waals surface area (Å²) in [5, 5.41) is 4.01. The lowest BCUT2D eigenvalue weighted by Crippen LogP contribution is -2.25. The second kappa shape index (κ2) is 9.97. The molecule has 0 saturated heterocycles. The highest BCUT2D eigenvalue weighted by atomic mass is 31.1. The highest BCUT2D eigenvalue weighted by molar-refractivity contribution is 7.79. The first-order valence-corrected chi connectivity index (χ1v) is 13.7. The Morgan fingerprint density at radius 1 is 0.556 bits per heavy atom. The molecule has 36 heavy (non-hydrogen) atoms. The molecule has 1 nitrogen and oxygen atoms in total. The largest absolute Gasteiger partial charge is 0.457 e. The number of fused-ring (bicyclic) bond motifs is 1. The van der Waals surface area contributed by atoms with Gasteiger partial charge in [-0.05, 0) is 71.7 Å². The Morgan fingerprint density at radius 2 is 1.14 bits per heavy atom. The monoisotopic (exact) mass is 482 g/mol. The molecule has 0 fully saturated rings. The van der Waals surface area contributed by atoms with E-state index >= 15 is 0 Å². The lowest BCUT2D eigenvalue weighted by Gasteiger charge is -2.27. The maximum absolute atomic E-state index is 6.35. The SMILES string of the molecule is CC1=Cc2ccccc2C1c1ccc(Oc2ccccc2)cc1P(c1ccccc1)c1ccccc1. The molecule has 5 aromatic rings. The lowest BCUT2D eigenvalue weighted by atomic mass is 9.89. The standard InChI is InChI=1S/C34H27OP/c1-25-23-26-13-11-12-20-31(26)34(25)32-22-21-28(35-27-14-5-2-6-15-27)24-33(32)36(29-16-7-3-8-17-29)30-18-9-4-10-19-30/h2-24,34H,1H3. The van der Waals surface area contributed by atoms with Crippen molar-refractivity contribution >= 4 is 29.9 Å². The zero-order chi connectivity index (χ0) is 24.3. The molecule has 0 spiro atoms. The van der Waals surface area contributed by atoms with E-state index in [-0.39, 0.29) is 5.92 Å². The van der Waals surface area contributed by atoms with E-state index in [9.17, 15) is 0 Å². The van der Waals surface area contributed by atoms with Gasteiger partial charge < -0.3 is 4.74 Å². The fourth-order valence-corrected chi connectivity index (χ4v) is 7.64. The van der Waals surface area contributed by atoms with E-state index in [1.165, 1.54) is 38.2 Å². The molecule has 0 heterocycles. The smallest absolute Gasteiger partial charge is 0.128 e. The second-order valence-corrected chi connectivity index (χ2v) is 11.3. The van der Waals surface area contributed by atoms with Crippen LogP contribution in [-0.2, 0) is 0 Å². The lowest BCUT2D eigenvalue weighted by molar-refractivity contribution is 0.483. The van der Waals surface area contributed by atoms with Crippen LogP contribution in [0.5, 0.6) is 11.5 Å². The van der Waals surface area contributed by atoms with E-state index in [0.717, 1.165) is 11.5 Å². The number of allylic oxidation sites excluding steroid dienone is 1. The minimum atomic E-state index is -0.789. The van der Waals surface area contributed by atoms with Crippen LogP contribution >= 0.6 is 7.92 Å². The van der Waals surface area contributed by atoms with Crippen molar-refractivity contribution in [1.82, 2.24) is 0 Å². The average molecular weight is 483 g/mol. The van der Waals surface area contributed by atoms with Crippen LogP contribution in [0.3, 0.4) is 0 Å². The summed E-state index contributed by atoms with van der Waals surface area (Å²) in [6.07, 6.45) is 2.34. The maximum Gasteiger partial charge on any atom is 0.128 e. The molecular formula is C34H27OP. The maximum atomic E-state index is 6.35. The molecule has 0 aliphatic heterocycles. The van der Waals surface area contributed by atoms with Crippen molar-refractivity contribution in [3.8, 4) is 11.5 Å². The van der Waals surface area contributed by atoms with Crippen LogP contribution in [0.15, 0.2) is 139 Å². The zero-order valence-corrected chi connectivity index (χ0v) is 21.1. The van der Waals surface area contributed by atoms with E-state index in [4.69, 9.17) is 4.74 Å². The van der Waals surface area contributed by atoms with Gasteiger partial charge in [0.05, 0.1) is 0 Å². The van der Waals surface area contributed by atoms with E-state index < -0.39 is 7.92 Å². The van der Waals surface area contributed by atoms with Crippen LogP contribution in [0.1, 0.15) is 29.5 Å². The van der Waals surface area contributed by atoms with Crippen LogP contribution in [0.2, 0.25) is 0 Å². The van der Waals surface area contributed by atoms with Crippen molar-refractivity contribution in [3.05, 3.63) is 156 Å². The molecule has 1 atom stereocenters. The molecule has 0 saturated carbocycles. The fourth-order valence-electron chi connectivity index (χ4n) is 5.12. The zero-order valence-electron chi connectivity index (χ0n) is 20.2. The minimum Gasteiger partial charge on any atom is -0.457 e. The molecule has 0 N–H and O–H groups in total. The minimum absolute atomic E-state index is 0.236. The van der Waals surface area contributed by atoms with Gasteiger partial charge in [-0.2, -0.15) is 0 Å². The number of para-hydroxylation sites is 1. The van der Waals surface area contributed by atoms with Gasteiger partial charge in [0.1, 0.15) is 11.5 Å². The molecule has 0 aromatic heterocycles. The number of hydrogen-bond donors (Lipinski definition) is 0. The predicted octanol–water partition coefficient (Wildman–Crippen LogP) is 7.79. The van der Waals surface area contributed by atoms with Crippen molar-refractivity contribution in [2.75, 3.05) is 0 Å². The fraction of sp³-hybridized carbons (Fsp3) is 0.0588. The quantitative estimate of drug-likeness (QED) is 0.225. The normalized spacial score (nSPS) is 14.4. The van der Waals surface area contributed by atoms with Gasteiger partial charge in [0.2, 0.25) is 0 Å². The van der Waals surface area contributed by atoms with Gasteiger partial charge >= 0.3 is 0 Å². The number of benzene rings is 5. The molecule has 0 bridgehead atoms. The molecule has 5 aromatic carbocycles. The molecule has 174 valence electrons. The Balaban J connectivity index is 1.56. The Bertz CT molecular complexity index is 1470. The molecule has 1 unspecified atom stereocenters. The Hall–Kier alpha value is -3.93. The molecule has 1 aliphatic rings. The molecule has 0 amide bonds. The van der Waals surface area contributed by atoms with Crippen LogP contribution in [0.4, 0.5) is 0 Å². The Morgan fingerprint density at radius 3 is 1.81 bits per heavy atom. The van der Waals surface area contributed by atoms with Crippen molar-refractivity contribution in [1.29, 1.82) is 0 Å². The van der Waals surface area contributed by atoms with Gasteiger partial charge in [0.25, 0.3) is 0 Å². The van der Waals surface area contributed by atoms with Gasteiger partial charge in [0, 0.05) is 5.92 Å². The number of rotatable bonds is 6. The molecular weight excluding hydrogens is 455 g/mol. The summed E-state index contributed by atoms with van der Waals surface area (Å²) in [6, 6.07) is 47.3. The first kappa shape index (κ1) is 22.5. The van der Waals surface area contributed by atoms with Crippen LogP contribution < -0.4 is 20.7 Å². The van der Waals surface area contributed by atoms with Gasteiger partial charge in [-0.1, -0.05) is 121 Å². The summed E-state index contributed by atoms with van der Waals surface area (Å²) in [5.41, 5.74) is 5.43. The molecule has 1 aliphatic carbocycles. The first-order chi connectivity index (χ1) is 17.8. The van der Waals surface area contributed by atoms with Crippen molar-refractivity contribution in [2.24, 2.45) is 0 Å². The highest BCUT2D eigenvalue weighted by Crippen LogP contribution is 2.45. The van der Waals surface area contributed by atoms with Crippen LogP contribution in [-0.4, -0.2) is 0 Å². The topological polar surface area (TPSA) is 9.23 Å². The first-order valence-electron chi connectivity index (χ1n) is 12.3. The summed E-state index contributed by atoms with van der Waals surface area (Å²) in [7, 11) is -0.789. The molecule has 6 rings (SSSR count). The van der Waals surface area contributed by atoms with Crippen molar-refractivity contribution in [3.63, 3.8) is 0 Å².